The molecule has 5 heteroatoms. The number of carbonyl (C=O) groups excluding carboxylic acids is 1. The van der Waals surface area contributed by atoms with Gasteiger partial charge < -0.3 is 10.1 Å². The van der Waals surface area contributed by atoms with E-state index in [-0.39, 0.29) is 17.8 Å². The summed E-state index contributed by atoms with van der Waals surface area (Å²) in [5, 5.41) is 2.77. The van der Waals surface area contributed by atoms with E-state index in [1.54, 1.807) is 0 Å². The molecule has 21 heavy (non-hydrogen) atoms. The van der Waals surface area contributed by atoms with Crippen LogP contribution in [0.4, 0.5) is 0 Å². The molecule has 0 unspecified atom stereocenters. The Hall–Kier alpha value is -1.20. The van der Waals surface area contributed by atoms with E-state index < -0.39 is 10.8 Å². The summed E-state index contributed by atoms with van der Waals surface area (Å²) in [5.74, 6) is 0.315. The zero-order valence-corrected chi connectivity index (χ0v) is 13.9. The fourth-order valence-corrected chi connectivity index (χ4v) is 2.90. The van der Waals surface area contributed by atoms with Crippen LogP contribution in [0.5, 0.6) is 0 Å². The summed E-state index contributed by atoms with van der Waals surface area (Å²) in [7, 11) is -1.17. The molecule has 1 atom stereocenters. The first-order chi connectivity index (χ1) is 9.97. The van der Waals surface area contributed by atoms with E-state index in [9.17, 15) is 9.00 Å². The third kappa shape index (κ3) is 8.63. The molecule has 0 heterocycles. The Labute approximate surface area is 129 Å². The minimum atomic E-state index is -1.17. The number of aryl methyl sites for hydroxylation is 1. The molecule has 0 spiro atoms. The number of ether oxygens (including phenoxy) is 1. The molecule has 0 aliphatic heterocycles. The highest BCUT2D eigenvalue weighted by atomic mass is 32.2. The second kappa shape index (κ2) is 9.68. The fraction of sp³-hybridized carbons (Fsp3) is 0.562. The number of amides is 1. The maximum Gasteiger partial charge on any atom is 0.232 e. The maximum atomic E-state index is 11.9. The molecular weight excluding hydrogens is 286 g/mol. The van der Waals surface area contributed by atoms with Gasteiger partial charge in [-0.2, -0.15) is 0 Å². The lowest BCUT2D eigenvalue weighted by Crippen LogP contribution is -2.30. The molecule has 0 fully saturated rings. The molecule has 0 aromatic heterocycles. The Morgan fingerprint density at radius 3 is 2.81 bits per heavy atom. The van der Waals surface area contributed by atoms with E-state index in [2.05, 4.69) is 5.32 Å². The smallest absolute Gasteiger partial charge is 0.232 e. The topological polar surface area (TPSA) is 55.4 Å². The lowest BCUT2D eigenvalue weighted by Gasteiger charge is -2.08. The highest BCUT2D eigenvalue weighted by Crippen LogP contribution is 2.06. The molecule has 1 N–H and O–H groups in total. The van der Waals surface area contributed by atoms with Gasteiger partial charge in [0.1, 0.15) is 5.75 Å². The molecule has 0 bridgehead atoms. The van der Waals surface area contributed by atoms with Gasteiger partial charge in [0.05, 0.1) is 6.10 Å². The SMILES string of the molecule is Cc1cccc(C[S@](=O)CC(=O)NCCCOC(C)C)c1. The molecule has 1 aromatic rings. The standard InChI is InChI=1S/C16H25NO3S/c1-13(2)20-9-5-8-17-16(18)12-21(19)11-15-7-4-6-14(3)10-15/h4,6-7,10,13H,5,8-9,11-12H2,1-3H3,(H,17,18)/t21-/m0/s1. The van der Waals surface area contributed by atoms with Gasteiger partial charge in [0, 0.05) is 29.7 Å². The predicted octanol–water partition coefficient (Wildman–Crippen LogP) is 2.18. The molecule has 4 nitrogen and oxygen atoms in total. The number of benzene rings is 1. The van der Waals surface area contributed by atoms with Crippen LogP contribution in [0.1, 0.15) is 31.4 Å². The first-order valence-electron chi connectivity index (χ1n) is 7.26. The van der Waals surface area contributed by atoms with Crippen LogP contribution in [0.25, 0.3) is 0 Å². The Balaban J connectivity index is 2.20. The zero-order valence-electron chi connectivity index (χ0n) is 13.1. The van der Waals surface area contributed by atoms with Crippen molar-refractivity contribution in [3.8, 4) is 0 Å². The Morgan fingerprint density at radius 2 is 2.14 bits per heavy atom. The van der Waals surface area contributed by atoms with Crippen molar-refractivity contribution in [3.63, 3.8) is 0 Å². The fourth-order valence-electron chi connectivity index (χ4n) is 1.86. The van der Waals surface area contributed by atoms with Gasteiger partial charge in [0.15, 0.2) is 0 Å². The number of rotatable bonds is 9. The van der Waals surface area contributed by atoms with E-state index in [0.29, 0.717) is 18.9 Å². The van der Waals surface area contributed by atoms with E-state index in [1.165, 1.54) is 0 Å². The molecular formula is C16H25NO3S. The van der Waals surface area contributed by atoms with Crippen molar-refractivity contribution >= 4 is 16.7 Å². The second-order valence-corrected chi connectivity index (χ2v) is 6.80. The monoisotopic (exact) mass is 311 g/mol. The van der Waals surface area contributed by atoms with Gasteiger partial charge >= 0.3 is 0 Å². The number of hydrogen-bond acceptors (Lipinski definition) is 3. The summed E-state index contributed by atoms with van der Waals surface area (Å²) < 4.78 is 17.3. The molecule has 0 radical (unpaired) electrons. The van der Waals surface area contributed by atoms with Gasteiger partial charge in [-0.25, -0.2) is 0 Å². The van der Waals surface area contributed by atoms with Crippen LogP contribution in [0.15, 0.2) is 24.3 Å². The highest BCUT2D eigenvalue weighted by Gasteiger charge is 2.08. The van der Waals surface area contributed by atoms with Crippen LogP contribution < -0.4 is 5.32 Å². The van der Waals surface area contributed by atoms with Crippen molar-refractivity contribution in [1.82, 2.24) is 5.32 Å². The maximum absolute atomic E-state index is 11.9. The van der Waals surface area contributed by atoms with Crippen LogP contribution in [-0.2, 0) is 26.1 Å². The van der Waals surface area contributed by atoms with Crippen LogP contribution in [0, 0.1) is 6.92 Å². The van der Waals surface area contributed by atoms with E-state index in [1.807, 2.05) is 45.0 Å². The number of hydrogen-bond donors (Lipinski definition) is 1. The third-order valence-electron chi connectivity index (χ3n) is 2.80. The first kappa shape index (κ1) is 17.9. The normalized spacial score (nSPS) is 12.4. The molecule has 0 aliphatic rings. The molecule has 0 saturated heterocycles. The summed E-state index contributed by atoms with van der Waals surface area (Å²) in [6, 6.07) is 7.88. The molecule has 118 valence electrons. The first-order valence-corrected chi connectivity index (χ1v) is 8.75. The summed E-state index contributed by atoms with van der Waals surface area (Å²) in [6.07, 6.45) is 0.983. The summed E-state index contributed by atoms with van der Waals surface area (Å²) in [5.41, 5.74) is 2.14. The van der Waals surface area contributed by atoms with Crippen LogP contribution in [0.2, 0.25) is 0 Å². The lowest BCUT2D eigenvalue weighted by molar-refractivity contribution is -0.118. The van der Waals surface area contributed by atoms with Crippen LogP contribution >= 0.6 is 0 Å². The van der Waals surface area contributed by atoms with Gasteiger partial charge in [0.2, 0.25) is 5.91 Å². The van der Waals surface area contributed by atoms with Crippen molar-refractivity contribution < 1.29 is 13.7 Å². The van der Waals surface area contributed by atoms with Gasteiger partial charge in [-0.3, -0.25) is 9.00 Å². The average molecular weight is 311 g/mol. The summed E-state index contributed by atoms with van der Waals surface area (Å²) in [4.78, 5) is 11.7. The van der Waals surface area contributed by atoms with E-state index in [0.717, 1.165) is 17.5 Å². The summed E-state index contributed by atoms with van der Waals surface area (Å²) >= 11 is 0. The Morgan fingerprint density at radius 1 is 1.38 bits per heavy atom. The van der Waals surface area contributed by atoms with Crippen molar-refractivity contribution in [1.29, 1.82) is 0 Å². The minimum absolute atomic E-state index is 0.0545. The van der Waals surface area contributed by atoms with Crippen molar-refractivity contribution in [2.24, 2.45) is 0 Å². The molecule has 1 amide bonds. The number of carbonyl (C=O) groups is 1. The van der Waals surface area contributed by atoms with Crippen LogP contribution in [-0.4, -0.2) is 35.1 Å². The highest BCUT2D eigenvalue weighted by molar-refractivity contribution is 7.84. The van der Waals surface area contributed by atoms with Gasteiger partial charge in [0.25, 0.3) is 0 Å². The summed E-state index contributed by atoms with van der Waals surface area (Å²) in [6.45, 7) is 7.15. The Bertz CT molecular complexity index is 474. The number of nitrogens with one attached hydrogen (secondary N) is 1. The van der Waals surface area contributed by atoms with Gasteiger partial charge in [-0.05, 0) is 32.8 Å². The Kier molecular flexibility index (Phi) is 8.23. The largest absolute Gasteiger partial charge is 0.379 e. The van der Waals surface area contributed by atoms with Crippen molar-refractivity contribution in [3.05, 3.63) is 35.4 Å². The molecule has 0 saturated carbocycles. The molecule has 0 aliphatic carbocycles. The third-order valence-corrected chi connectivity index (χ3v) is 4.04. The van der Waals surface area contributed by atoms with E-state index in [4.69, 9.17) is 4.74 Å². The zero-order chi connectivity index (χ0) is 15.7. The van der Waals surface area contributed by atoms with Crippen LogP contribution in [0.3, 0.4) is 0 Å². The molecule has 1 aromatic carbocycles. The second-order valence-electron chi connectivity index (χ2n) is 5.34. The quantitative estimate of drug-likeness (QED) is 0.711. The average Bonchev–Trinajstić information content (AvgIpc) is 2.37. The lowest BCUT2D eigenvalue weighted by atomic mass is 10.2. The predicted molar refractivity (Wildman–Crippen MR) is 86.6 cm³/mol. The van der Waals surface area contributed by atoms with E-state index >= 15 is 0 Å². The van der Waals surface area contributed by atoms with Gasteiger partial charge in [-0.15, -0.1) is 0 Å². The van der Waals surface area contributed by atoms with Crippen molar-refractivity contribution in [2.75, 3.05) is 18.9 Å². The molecule has 1 rings (SSSR count). The van der Waals surface area contributed by atoms with Gasteiger partial charge in [-0.1, -0.05) is 29.8 Å². The minimum Gasteiger partial charge on any atom is -0.379 e. The van der Waals surface area contributed by atoms with Crippen molar-refractivity contribution in [2.45, 2.75) is 39.0 Å².